The number of esters is 2. The fourth-order valence-electron chi connectivity index (χ4n) is 8.10. The Bertz CT molecular complexity index is 829. The van der Waals surface area contributed by atoms with Crippen molar-refractivity contribution in [3.05, 3.63) is 11.6 Å². The van der Waals surface area contributed by atoms with Gasteiger partial charge in [-0.15, -0.1) is 11.8 Å². The molecule has 38 heavy (non-hydrogen) atoms. The highest BCUT2D eigenvalue weighted by atomic mass is 32.2. The first-order chi connectivity index (χ1) is 17.8. The predicted octanol–water partition coefficient (Wildman–Crippen LogP) is 7.24. The van der Waals surface area contributed by atoms with E-state index in [-0.39, 0.29) is 24.0 Å². The van der Waals surface area contributed by atoms with Crippen molar-refractivity contribution in [2.24, 2.45) is 34.5 Å². The van der Waals surface area contributed by atoms with Crippen molar-refractivity contribution in [1.29, 1.82) is 0 Å². The third-order valence-electron chi connectivity index (χ3n) is 10.2. The molecule has 4 aliphatic rings. The lowest BCUT2D eigenvalue weighted by molar-refractivity contribution is -0.146. The molecule has 0 bridgehead atoms. The second-order valence-electron chi connectivity index (χ2n) is 14.4. The highest BCUT2D eigenvalue weighted by molar-refractivity contribution is 8.00. The number of carbonyl (C=O) groups is 2. The molecule has 2 aliphatic heterocycles. The van der Waals surface area contributed by atoms with Gasteiger partial charge in [0.05, 0.1) is 18.6 Å². The zero-order valence-corrected chi connectivity index (χ0v) is 26.1. The van der Waals surface area contributed by atoms with Crippen molar-refractivity contribution in [3.63, 3.8) is 0 Å². The first-order valence-corrected chi connectivity index (χ1v) is 16.3. The molecule has 0 aromatic carbocycles. The molecular formula is C32H53NO4S. The molecule has 4 rings (SSSR count). The molecule has 4 fully saturated rings. The second kappa shape index (κ2) is 11.8. The van der Waals surface area contributed by atoms with E-state index in [0.29, 0.717) is 28.3 Å². The summed E-state index contributed by atoms with van der Waals surface area (Å²) in [4.78, 5) is 28.1. The van der Waals surface area contributed by atoms with Crippen molar-refractivity contribution in [1.82, 2.24) is 4.90 Å². The minimum absolute atomic E-state index is 0.0698. The molecule has 5 nitrogen and oxygen atoms in total. The van der Waals surface area contributed by atoms with Crippen molar-refractivity contribution in [3.8, 4) is 0 Å². The quantitative estimate of drug-likeness (QED) is 0.151. The molecule has 0 amide bonds. The van der Waals surface area contributed by atoms with Crippen LogP contribution in [-0.4, -0.2) is 52.8 Å². The van der Waals surface area contributed by atoms with Crippen molar-refractivity contribution >= 4 is 23.7 Å². The SMILES string of the molecule is CCOC(=O)C(=CC1CCC(N2C3CCC(C(C)(C)C)CC3C3CC(C(C)(C)C)CCC32)S1)C(=O)OCC. The van der Waals surface area contributed by atoms with E-state index in [0.717, 1.165) is 36.5 Å². The monoisotopic (exact) mass is 547 g/mol. The summed E-state index contributed by atoms with van der Waals surface area (Å²) < 4.78 is 10.4. The average Bonchev–Trinajstić information content (AvgIpc) is 3.42. The molecule has 0 N–H and O–H groups in total. The van der Waals surface area contributed by atoms with E-state index in [1.165, 1.54) is 38.5 Å². The van der Waals surface area contributed by atoms with Crippen LogP contribution in [0, 0.1) is 34.5 Å². The Kier molecular flexibility index (Phi) is 9.34. The van der Waals surface area contributed by atoms with Crippen LogP contribution in [0.4, 0.5) is 0 Å². The van der Waals surface area contributed by atoms with E-state index < -0.39 is 11.9 Å². The molecule has 0 radical (unpaired) electrons. The zero-order chi connectivity index (χ0) is 27.8. The van der Waals surface area contributed by atoms with Crippen LogP contribution >= 0.6 is 11.8 Å². The number of likely N-dealkylation sites (tertiary alicyclic amines) is 1. The lowest BCUT2D eigenvalue weighted by atomic mass is 9.61. The van der Waals surface area contributed by atoms with Crippen molar-refractivity contribution in [2.75, 3.05) is 13.2 Å². The first-order valence-electron chi connectivity index (χ1n) is 15.3. The Balaban J connectivity index is 1.55. The van der Waals surface area contributed by atoms with E-state index in [4.69, 9.17) is 9.47 Å². The van der Waals surface area contributed by atoms with Gasteiger partial charge >= 0.3 is 11.9 Å². The number of ether oxygens (including phenoxy) is 2. The smallest absolute Gasteiger partial charge is 0.345 e. The van der Waals surface area contributed by atoms with E-state index in [1.54, 1.807) is 13.8 Å². The molecule has 0 spiro atoms. The minimum Gasteiger partial charge on any atom is -0.462 e. The normalized spacial score (nSPS) is 35.8. The average molecular weight is 548 g/mol. The lowest BCUT2D eigenvalue weighted by Gasteiger charge is -2.44. The summed E-state index contributed by atoms with van der Waals surface area (Å²) in [5, 5.41) is 0.597. The Morgan fingerprint density at radius 1 is 0.763 bits per heavy atom. The molecule has 2 saturated heterocycles. The van der Waals surface area contributed by atoms with Gasteiger partial charge < -0.3 is 9.47 Å². The summed E-state index contributed by atoms with van der Waals surface area (Å²) >= 11 is 1.97. The Labute approximate surface area is 236 Å². The maximum Gasteiger partial charge on any atom is 0.345 e. The van der Waals surface area contributed by atoms with Gasteiger partial charge in [0.1, 0.15) is 5.57 Å². The number of carbonyl (C=O) groups excluding carboxylic acids is 2. The molecular weight excluding hydrogens is 494 g/mol. The topological polar surface area (TPSA) is 55.8 Å². The van der Waals surface area contributed by atoms with Crippen molar-refractivity contribution < 1.29 is 19.1 Å². The summed E-state index contributed by atoms with van der Waals surface area (Å²) in [6.07, 6.45) is 12.0. The Morgan fingerprint density at radius 3 is 1.66 bits per heavy atom. The summed E-state index contributed by atoms with van der Waals surface area (Å²) in [6.45, 7) is 18.7. The molecule has 0 aromatic heterocycles. The summed E-state index contributed by atoms with van der Waals surface area (Å²) in [5.41, 5.74) is 0.821. The van der Waals surface area contributed by atoms with Crippen LogP contribution in [0.15, 0.2) is 11.6 Å². The third kappa shape index (κ3) is 6.32. The number of hydrogen-bond donors (Lipinski definition) is 0. The zero-order valence-electron chi connectivity index (χ0n) is 25.3. The molecule has 6 heteroatoms. The van der Waals surface area contributed by atoms with Gasteiger partial charge in [-0.2, -0.15) is 0 Å². The van der Waals surface area contributed by atoms with Crippen molar-refractivity contribution in [2.45, 2.75) is 129 Å². The van der Waals surface area contributed by atoms with Gasteiger partial charge in [-0.05, 0) is 106 Å². The molecule has 2 aliphatic carbocycles. The number of nitrogens with zero attached hydrogens (tertiary/aromatic N) is 1. The van der Waals surface area contributed by atoms with Gasteiger partial charge in [0.2, 0.25) is 0 Å². The summed E-state index contributed by atoms with van der Waals surface area (Å²) in [7, 11) is 0. The fourth-order valence-corrected chi connectivity index (χ4v) is 9.71. The highest BCUT2D eigenvalue weighted by Crippen LogP contribution is 2.58. The van der Waals surface area contributed by atoms with Crippen LogP contribution in [0.2, 0.25) is 0 Å². The second-order valence-corrected chi connectivity index (χ2v) is 15.8. The van der Waals surface area contributed by atoms with Crippen LogP contribution < -0.4 is 0 Å². The van der Waals surface area contributed by atoms with E-state index >= 15 is 0 Å². The van der Waals surface area contributed by atoms with E-state index in [2.05, 4.69) is 46.4 Å². The number of hydrogen-bond acceptors (Lipinski definition) is 6. The van der Waals surface area contributed by atoms with Gasteiger partial charge in [-0.3, -0.25) is 4.90 Å². The van der Waals surface area contributed by atoms with Gasteiger partial charge in [-0.25, -0.2) is 9.59 Å². The standard InChI is InChI=1S/C32H53NO4S/c1-9-36-29(34)25(30(35)37-10-2)19-22-13-16-28(38-22)33-26-14-11-20(31(3,4)5)17-23(26)24-18-21(32(6,7)8)12-15-27(24)33/h19-24,26-28H,9-18H2,1-8H3. The fraction of sp³-hybridized carbons (Fsp3) is 0.875. The van der Waals surface area contributed by atoms with Crippen LogP contribution in [-0.2, 0) is 19.1 Å². The number of fused-ring (bicyclic) bond motifs is 3. The van der Waals surface area contributed by atoms with Crippen LogP contribution in [0.25, 0.3) is 0 Å². The van der Waals surface area contributed by atoms with Crippen LogP contribution in [0.5, 0.6) is 0 Å². The maximum atomic E-state index is 12.6. The predicted molar refractivity (Wildman–Crippen MR) is 156 cm³/mol. The van der Waals surface area contributed by atoms with Gasteiger partial charge in [0.25, 0.3) is 0 Å². The largest absolute Gasteiger partial charge is 0.462 e. The molecule has 2 saturated carbocycles. The molecule has 2 heterocycles. The van der Waals surface area contributed by atoms with Crippen LogP contribution in [0.3, 0.4) is 0 Å². The first kappa shape index (κ1) is 30.0. The van der Waals surface area contributed by atoms with E-state index in [1.807, 2.05) is 17.8 Å². The van der Waals surface area contributed by atoms with Gasteiger partial charge in [0.15, 0.2) is 0 Å². The Morgan fingerprint density at radius 2 is 1.24 bits per heavy atom. The highest BCUT2D eigenvalue weighted by Gasteiger charge is 2.56. The Hall–Kier alpha value is -1.01. The van der Waals surface area contributed by atoms with E-state index in [9.17, 15) is 9.59 Å². The van der Waals surface area contributed by atoms with Gasteiger partial charge in [-0.1, -0.05) is 41.5 Å². The number of rotatable bonds is 6. The van der Waals surface area contributed by atoms with Crippen LogP contribution in [0.1, 0.15) is 107 Å². The molecule has 216 valence electrons. The summed E-state index contributed by atoms with van der Waals surface area (Å²) in [6, 6.07) is 1.36. The lowest BCUT2D eigenvalue weighted by Crippen LogP contribution is -2.46. The summed E-state index contributed by atoms with van der Waals surface area (Å²) in [5.74, 6) is 2.10. The molecule has 0 aromatic rings. The maximum absolute atomic E-state index is 12.6. The molecule has 8 unspecified atom stereocenters. The molecule has 8 atom stereocenters. The third-order valence-corrected chi connectivity index (χ3v) is 11.7. The van der Waals surface area contributed by atoms with Gasteiger partial charge in [0, 0.05) is 17.3 Å². The minimum atomic E-state index is -0.558. The number of thioether (sulfide) groups is 1.